The molecule has 4 rings (SSSR count). The number of benzene rings is 1. The van der Waals surface area contributed by atoms with Crippen LogP contribution in [0.15, 0.2) is 24.4 Å². The van der Waals surface area contributed by atoms with Crippen LogP contribution in [0.25, 0.3) is 22.3 Å². The molecular weight excluding hydrogens is 250 g/mol. The van der Waals surface area contributed by atoms with Crippen molar-refractivity contribution in [2.45, 2.75) is 12.8 Å². The molecule has 0 spiro atoms. The number of aromatic amines is 1. The third kappa shape index (κ3) is 1.67. The number of imidazole rings is 2. The van der Waals surface area contributed by atoms with Gasteiger partial charge in [0.1, 0.15) is 11.6 Å². The van der Waals surface area contributed by atoms with Crippen molar-refractivity contribution in [1.29, 1.82) is 0 Å². The lowest BCUT2D eigenvalue weighted by Gasteiger charge is -2.24. The quantitative estimate of drug-likeness (QED) is 0.746. The van der Waals surface area contributed by atoms with Crippen LogP contribution in [0.1, 0.15) is 17.6 Å². The lowest BCUT2D eigenvalue weighted by molar-refractivity contribution is 0.433. The Kier molecular flexibility index (Phi) is 2.44. The molecule has 0 amide bonds. The first kappa shape index (κ1) is 11.7. The van der Waals surface area contributed by atoms with Gasteiger partial charge >= 0.3 is 0 Å². The van der Waals surface area contributed by atoms with Gasteiger partial charge in [-0.25, -0.2) is 9.97 Å². The second-order valence-corrected chi connectivity index (χ2v) is 5.46. The van der Waals surface area contributed by atoms with Crippen molar-refractivity contribution in [1.82, 2.24) is 24.8 Å². The molecule has 1 fully saturated rings. The van der Waals surface area contributed by atoms with Crippen molar-refractivity contribution < 1.29 is 0 Å². The summed E-state index contributed by atoms with van der Waals surface area (Å²) in [6.45, 7) is 4.06. The summed E-state index contributed by atoms with van der Waals surface area (Å²) >= 11 is 0. The number of hydrogen-bond acceptors (Lipinski definition) is 3. The van der Waals surface area contributed by atoms with Gasteiger partial charge in [0.2, 0.25) is 0 Å². The Morgan fingerprint density at radius 2 is 2.15 bits per heavy atom. The van der Waals surface area contributed by atoms with E-state index in [0.717, 1.165) is 47.0 Å². The number of nitrogens with zero attached hydrogens (tertiary/aromatic N) is 3. The number of aryl methyl sites for hydroxylation is 2. The van der Waals surface area contributed by atoms with Gasteiger partial charge in [0.05, 0.1) is 22.9 Å². The largest absolute Gasteiger partial charge is 0.342 e. The first-order valence-corrected chi connectivity index (χ1v) is 6.91. The van der Waals surface area contributed by atoms with Gasteiger partial charge in [-0.15, -0.1) is 0 Å². The minimum Gasteiger partial charge on any atom is -0.342 e. The van der Waals surface area contributed by atoms with Crippen LogP contribution in [0, 0.1) is 6.92 Å². The fourth-order valence-corrected chi connectivity index (χ4v) is 2.66. The van der Waals surface area contributed by atoms with Gasteiger partial charge in [0, 0.05) is 31.6 Å². The Labute approximate surface area is 117 Å². The smallest absolute Gasteiger partial charge is 0.112 e. The van der Waals surface area contributed by atoms with Gasteiger partial charge in [-0.05, 0) is 19.1 Å². The molecule has 0 unspecified atom stereocenters. The minimum atomic E-state index is 0.532. The summed E-state index contributed by atoms with van der Waals surface area (Å²) in [6, 6.07) is 6.37. The van der Waals surface area contributed by atoms with Crippen molar-refractivity contribution in [2.75, 3.05) is 13.1 Å². The molecule has 1 aliphatic rings. The van der Waals surface area contributed by atoms with E-state index in [1.165, 1.54) is 0 Å². The summed E-state index contributed by atoms with van der Waals surface area (Å²) in [5, 5.41) is 3.27. The van der Waals surface area contributed by atoms with Crippen molar-refractivity contribution in [2.24, 2.45) is 7.05 Å². The van der Waals surface area contributed by atoms with Crippen LogP contribution in [0.2, 0.25) is 0 Å². The standard InChI is InChI=1S/C15H17N5/c1-9-18-12-5-10(3-4-14(12)20(9)2)13-8-17-15(19-13)11-6-16-7-11/h3-5,8,11,16H,6-7H2,1-2H3,(H,17,19). The molecule has 5 nitrogen and oxygen atoms in total. The zero-order chi connectivity index (χ0) is 13.7. The zero-order valence-corrected chi connectivity index (χ0v) is 11.6. The van der Waals surface area contributed by atoms with E-state index in [4.69, 9.17) is 0 Å². The maximum Gasteiger partial charge on any atom is 0.112 e. The molecule has 0 bridgehead atoms. The summed E-state index contributed by atoms with van der Waals surface area (Å²) in [5.41, 5.74) is 4.40. The number of H-pyrrole nitrogens is 1. The van der Waals surface area contributed by atoms with Crippen LogP contribution in [-0.2, 0) is 7.05 Å². The predicted octanol–water partition coefficient (Wildman–Crippen LogP) is 1.96. The van der Waals surface area contributed by atoms with Gasteiger partial charge in [0.25, 0.3) is 0 Å². The Hall–Kier alpha value is -2.14. The van der Waals surface area contributed by atoms with Crippen molar-refractivity contribution >= 4 is 11.0 Å². The monoisotopic (exact) mass is 267 g/mol. The fourth-order valence-electron chi connectivity index (χ4n) is 2.66. The normalized spacial score (nSPS) is 15.7. The molecular formula is C15H17N5. The molecule has 2 aromatic heterocycles. The predicted molar refractivity (Wildman–Crippen MR) is 78.6 cm³/mol. The SMILES string of the molecule is Cc1nc2cc(-c3cnc(C4CNC4)[nH]3)ccc2n1C. The van der Waals surface area contributed by atoms with Gasteiger partial charge in [-0.1, -0.05) is 6.07 Å². The highest BCUT2D eigenvalue weighted by atomic mass is 15.1. The van der Waals surface area contributed by atoms with Crippen LogP contribution < -0.4 is 5.32 Å². The fraction of sp³-hybridized carbons (Fsp3) is 0.333. The highest BCUT2D eigenvalue weighted by molar-refractivity contribution is 5.81. The number of rotatable bonds is 2. The molecule has 3 aromatic rings. The number of aromatic nitrogens is 4. The third-order valence-electron chi connectivity index (χ3n) is 4.18. The van der Waals surface area contributed by atoms with Gasteiger partial charge < -0.3 is 14.9 Å². The first-order valence-electron chi connectivity index (χ1n) is 6.91. The molecule has 2 N–H and O–H groups in total. The van der Waals surface area contributed by atoms with Gasteiger partial charge in [0.15, 0.2) is 0 Å². The summed E-state index contributed by atoms with van der Waals surface area (Å²) in [6.07, 6.45) is 1.92. The van der Waals surface area contributed by atoms with Crippen LogP contribution in [0.5, 0.6) is 0 Å². The summed E-state index contributed by atoms with van der Waals surface area (Å²) in [4.78, 5) is 12.5. The van der Waals surface area contributed by atoms with Crippen LogP contribution in [-0.4, -0.2) is 32.6 Å². The molecule has 3 heterocycles. The molecule has 0 atom stereocenters. The van der Waals surface area contributed by atoms with Crippen LogP contribution in [0.3, 0.4) is 0 Å². The minimum absolute atomic E-state index is 0.532. The third-order valence-corrected chi connectivity index (χ3v) is 4.18. The highest BCUT2D eigenvalue weighted by Gasteiger charge is 2.21. The molecule has 1 aliphatic heterocycles. The van der Waals surface area contributed by atoms with Crippen molar-refractivity contribution in [3.63, 3.8) is 0 Å². The lowest BCUT2D eigenvalue weighted by atomic mass is 10.0. The number of hydrogen-bond donors (Lipinski definition) is 2. The first-order chi connectivity index (χ1) is 9.72. The second-order valence-electron chi connectivity index (χ2n) is 5.46. The maximum atomic E-state index is 4.59. The van der Waals surface area contributed by atoms with E-state index in [1.54, 1.807) is 0 Å². The van der Waals surface area contributed by atoms with E-state index >= 15 is 0 Å². The second kappa shape index (κ2) is 4.18. The van der Waals surface area contributed by atoms with Gasteiger partial charge in [-0.2, -0.15) is 0 Å². The van der Waals surface area contributed by atoms with Crippen molar-refractivity contribution in [3.8, 4) is 11.3 Å². The highest BCUT2D eigenvalue weighted by Crippen LogP contribution is 2.25. The average molecular weight is 267 g/mol. The van der Waals surface area contributed by atoms with E-state index in [1.807, 2.05) is 20.2 Å². The van der Waals surface area contributed by atoms with E-state index in [2.05, 4.69) is 43.0 Å². The topological polar surface area (TPSA) is 58.5 Å². The maximum absolute atomic E-state index is 4.59. The van der Waals surface area contributed by atoms with Gasteiger partial charge in [-0.3, -0.25) is 0 Å². The molecule has 5 heteroatoms. The molecule has 1 saturated heterocycles. The number of nitrogens with one attached hydrogen (secondary N) is 2. The lowest BCUT2D eigenvalue weighted by Crippen LogP contribution is -2.40. The molecule has 0 saturated carbocycles. The summed E-state index contributed by atoms with van der Waals surface area (Å²) in [7, 11) is 2.04. The van der Waals surface area contributed by atoms with Crippen molar-refractivity contribution in [3.05, 3.63) is 36.0 Å². The van der Waals surface area contributed by atoms with E-state index < -0.39 is 0 Å². The molecule has 20 heavy (non-hydrogen) atoms. The molecule has 0 aliphatic carbocycles. The summed E-state index contributed by atoms with van der Waals surface area (Å²) in [5.74, 6) is 2.64. The van der Waals surface area contributed by atoms with E-state index in [9.17, 15) is 0 Å². The zero-order valence-electron chi connectivity index (χ0n) is 11.6. The Bertz CT molecular complexity index is 779. The van der Waals surface area contributed by atoms with Crippen LogP contribution in [0.4, 0.5) is 0 Å². The van der Waals surface area contributed by atoms with E-state index in [0.29, 0.717) is 5.92 Å². The molecule has 0 radical (unpaired) electrons. The Balaban J connectivity index is 1.75. The number of fused-ring (bicyclic) bond motifs is 1. The summed E-state index contributed by atoms with van der Waals surface area (Å²) < 4.78 is 2.11. The molecule has 1 aromatic carbocycles. The Morgan fingerprint density at radius 1 is 1.30 bits per heavy atom. The van der Waals surface area contributed by atoms with E-state index in [-0.39, 0.29) is 0 Å². The molecule has 102 valence electrons. The Morgan fingerprint density at radius 3 is 2.90 bits per heavy atom. The van der Waals surface area contributed by atoms with Crippen LogP contribution >= 0.6 is 0 Å². The average Bonchev–Trinajstić information content (AvgIpc) is 2.94.